The molecular weight excluding hydrogens is 326 g/mol. The van der Waals surface area contributed by atoms with Crippen LogP contribution in [0, 0.1) is 5.92 Å². The van der Waals surface area contributed by atoms with Crippen molar-refractivity contribution < 1.29 is 13.5 Å². The maximum absolute atomic E-state index is 11.6. The van der Waals surface area contributed by atoms with Crippen LogP contribution >= 0.6 is 0 Å². The van der Waals surface area contributed by atoms with E-state index in [4.69, 9.17) is 0 Å². The minimum absolute atomic E-state index is 0.0208. The molecule has 1 aromatic heterocycles. The molecule has 2 N–H and O–H groups in total. The monoisotopic (exact) mass is 349 g/mol. The topological polar surface area (TPSA) is 84.2 Å². The van der Waals surface area contributed by atoms with E-state index in [9.17, 15) is 13.5 Å². The van der Waals surface area contributed by atoms with E-state index in [1.807, 2.05) is 23.0 Å². The molecule has 2 aromatic rings. The van der Waals surface area contributed by atoms with Gasteiger partial charge >= 0.3 is 0 Å². The normalized spacial score (nSPS) is 24.3. The van der Waals surface area contributed by atoms with Crippen LogP contribution in [0.5, 0.6) is 0 Å². The quantitative estimate of drug-likeness (QED) is 0.819. The molecular formula is C17H23N3O3S. The fraction of sp³-hybridized carbons (Fsp3) is 0.471. The van der Waals surface area contributed by atoms with Gasteiger partial charge in [-0.1, -0.05) is 12.1 Å². The summed E-state index contributed by atoms with van der Waals surface area (Å²) in [6.45, 7) is 1.35. The summed E-state index contributed by atoms with van der Waals surface area (Å²) in [6.07, 6.45) is 6.15. The van der Waals surface area contributed by atoms with Gasteiger partial charge in [-0.25, -0.2) is 8.42 Å². The zero-order valence-corrected chi connectivity index (χ0v) is 14.5. The van der Waals surface area contributed by atoms with Crippen LogP contribution in [0.2, 0.25) is 0 Å². The minimum atomic E-state index is -3.20. The predicted molar refractivity (Wildman–Crippen MR) is 91.1 cm³/mol. The van der Waals surface area contributed by atoms with Gasteiger partial charge in [-0.3, -0.25) is 4.68 Å². The molecule has 0 saturated heterocycles. The van der Waals surface area contributed by atoms with Crippen LogP contribution in [-0.4, -0.2) is 41.7 Å². The summed E-state index contributed by atoms with van der Waals surface area (Å²) >= 11 is 0. The molecule has 3 rings (SSSR count). The molecule has 0 amide bonds. The van der Waals surface area contributed by atoms with E-state index in [2.05, 4.69) is 10.4 Å². The van der Waals surface area contributed by atoms with Crippen LogP contribution in [0.25, 0.3) is 0 Å². The Morgan fingerprint density at radius 1 is 1.33 bits per heavy atom. The molecule has 1 aliphatic rings. The van der Waals surface area contributed by atoms with Gasteiger partial charge in [0.1, 0.15) is 0 Å². The largest absolute Gasteiger partial charge is 0.391 e. The molecule has 1 unspecified atom stereocenters. The van der Waals surface area contributed by atoms with E-state index in [1.54, 1.807) is 24.4 Å². The number of rotatable bonds is 6. The average Bonchev–Trinajstić information content (AvgIpc) is 3.15. The van der Waals surface area contributed by atoms with E-state index < -0.39 is 9.84 Å². The first-order chi connectivity index (χ1) is 11.4. The van der Waals surface area contributed by atoms with Gasteiger partial charge in [-0.05, 0) is 42.5 Å². The van der Waals surface area contributed by atoms with Crippen LogP contribution in [0.4, 0.5) is 0 Å². The molecule has 130 valence electrons. The highest BCUT2D eigenvalue weighted by molar-refractivity contribution is 7.90. The van der Waals surface area contributed by atoms with Gasteiger partial charge in [0.05, 0.1) is 11.0 Å². The molecule has 6 nitrogen and oxygen atoms in total. The highest BCUT2D eigenvalue weighted by Crippen LogP contribution is 2.27. The molecule has 0 radical (unpaired) electrons. The second kappa shape index (κ2) is 7.04. The molecule has 7 heteroatoms. The molecule has 1 saturated carbocycles. The Bertz CT molecular complexity index is 774. The minimum Gasteiger partial charge on any atom is -0.391 e. The van der Waals surface area contributed by atoms with E-state index in [1.165, 1.54) is 6.26 Å². The summed E-state index contributed by atoms with van der Waals surface area (Å²) in [5, 5.41) is 17.8. The van der Waals surface area contributed by atoms with Crippen LogP contribution in [-0.2, 0) is 22.9 Å². The summed E-state index contributed by atoms with van der Waals surface area (Å²) in [5.74, 6) is 0.389. The summed E-state index contributed by atoms with van der Waals surface area (Å²) in [6, 6.07) is 8.85. The van der Waals surface area contributed by atoms with Crippen molar-refractivity contribution in [2.75, 3.05) is 6.26 Å². The molecule has 1 heterocycles. The molecule has 1 fully saturated rings. The third-order valence-corrected chi connectivity index (χ3v) is 5.64. The van der Waals surface area contributed by atoms with Crippen LogP contribution in [0.3, 0.4) is 0 Å². The first-order valence-electron chi connectivity index (χ1n) is 8.09. The van der Waals surface area contributed by atoms with Crippen molar-refractivity contribution in [1.82, 2.24) is 15.1 Å². The van der Waals surface area contributed by atoms with E-state index in [-0.39, 0.29) is 12.1 Å². The van der Waals surface area contributed by atoms with Crippen LogP contribution in [0.1, 0.15) is 18.4 Å². The van der Waals surface area contributed by atoms with Crippen molar-refractivity contribution in [1.29, 1.82) is 0 Å². The molecule has 3 atom stereocenters. The number of aliphatic hydroxyl groups is 1. The van der Waals surface area contributed by atoms with Crippen molar-refractivity contribution in [2.24, 2.45) is 5.92 Å². The molecule has 24 heavy (non-hydrogen) atoms. The molecule has 1 aromatic carbocycles. The van der Waals surface area contributed by atoms with Crippen molar-refractivity contribution in [3.63, 3.8) is 0 Å². The number of aliphatic hydroxyl groups excluding tert-OH is 1. The van der Waals surface area contributed by atoms with E-state index in [0.717, 1.165) is 24.9 Å². The number of benzene rings is 1. The zero-order chi connectivity index (χ0) is 17.2. The fourth-order valence-corrected chi connectivity index (χ4v) is 3.99. The number of sulfone groups is 1. The number of nitrogens with zero attached hydrogens (tertiary/aromatic N) is 2. The summed E-state index contributed by atoms with van der Waals surface area (Å²) in [4.78, 5) is 0.324. The highest BCUT2D eigenvalue weighted by Gasteiger charge is 2.32. The SMILES string of the molecule is CS(=O)(=O)c1cccc(CN[C@@H]2CC(Cn3cccn3)C[C@H]2O)c1. The third-order valence-electron chi connectivity index (χ3n) is 4.53. The first-order valence-corrected chi connectivity index (χ1v) is 9.99. The molecule has 0 bridgehead atoms. The molecule has 1 aliphatic carbocycles. The van der Waals surface area contributed by atoms with Gasteiger partial charge in [0, 0.05) is 37.8 Å². The van der Waals surface area contributed by atoms with Crippen LogP contribution < -0.4 is 5.32 Å². The average molecular weight is 349 g/mol. The van der Waals surface area contributed by atoms with Gasteiger partial charge in [-0.15, -0.1) is 0 Å². The Kier molecular flexibility index (Phi) is 5.03. The van der Waals surface area contributed by atoms with Crippen LogP contribution in [0.15, 0.2) is 47.6 Å². The maximum Gasteiger partial charge on any atom is 0.175 e. The van der Waals surface area contributed by atoms with Gasteiger partial charge in [0.15, 0.2) is 9.84 Å². The van der Waals surface area contributed by atoms with Crippen molar-refractivity contribution in [2.45, 2.75) is 43.0 Å². The fourth-order valence-electron chi connectivity index (χ4n) is 3.29. The summed E-state index contributed by atoms with van der Waals surface area (Å²) in [5.41, 5.74) is 0.903. The van der Waals surface area contributed by atoms with Gasteiger partial charge in [0.25, 0.3) is 0 Å². The second-order valence-corrected chi connectivity index (χ2v) is 8.56. The van der Waals surface area contributed by atoms with Gasteiger partial charge < -0.3 is 10.4 Å². The number of aromatic nitrogens is 2. The van der Waals surface area contributed by atoms with Crippen molar-refractivity contribution in [3.8, 4) is 0 Å². The number of hydrogen-bond donors (Lipinski definition) is 2. The highest BCUT2D eigenvalue weighted by atomic mass is 32.2. The van der Waals surface area contributed by atoms with E-state index in [0.29, 0.717) is 17.4 Å². The second-order valence-electron chi connectivity index (χ2n) is 6.54. The van der Waals surface area contributed by atoms with Gasteiger partial charge in [-0.2, -0.15) is 5.10 Å². The van der Waals surface area contributed by atoms with Crippen molar-refractivity contribution in [3.05, 3.63) is 48.3 Å². The standard InChI is InChI=1S/C17H23N3O3S/c1-24(22,23)15-5-2-4-13(8-15)11-18-16-9-14(10-17(16)21)12-20-7-3-6-19-20/h2-8,14,16-18,21H,9-12H2,1H3/t14?,16-,17-/m1/s1. The Balaban J connectivity index is 1.57. The lowest BCUT2D eigenvalue weighted by molar-refractivity contribution is 0.145. The maximum atomic E-state index is 11.6. The Morgan fingerprint density at radius 2 is 2.17 bits per heavy atom. The summed E-state index contributed by atoms with van der Waals surface area (Å²) in [7, 11) is -3.20. The Hall–Kier alpha value is -1.70. The zero-order valence-electron chi connectivity index (χ0n) is 13.7. The lowest BCUT2D eigenvalue weighted by atomic mass is 10.1. The smallest absolute Gasteiger partial charge is 0.175 e. The molecule has 0 aliphatic heterocycles. The lowest BCUT2D eigenvalue weighted by Gasteiger charge is -2.16. The molecule has 0 spiro atoms. The van der Waals surface area contributed by atoms with E-state index >= 15 is 0 Å². The Morgan fingerprint density at radius 3 is 2.88 bits per heavy atom. The number of hydrogen-bond acceptors (Lipinski definition) is 5. The summed E-state index contributed by atoms with van der Waals surface area (Å²) < 4.78 is 25.1. The Labute approximate surface area is 142 Å². The lowest BCUT2D eigenvalue weighted by Crippen LogP contribution is -2.35. The first kappa shape index (κ1) is 17.1. The number of nitrogens with one attached hydrogen (secondary N) is 1. The predicted octanol–water partition coefficient (Wildman–Crippen LogP) is 1.22. The van der Waals surface area contributed by atoms with Crippen molar-refractivity contribution >= 4 is 9.84 Å². The van der Waals surface area contributed by atoms with Gasteiger partial charge in [0.2, 0.25) is 0 Å². The third kappa shape index (κ3) is 4.23.